The Morgan fingerprint density at radius 3 is 2.36 bits per heavy atom. The van der Waals surface area contributed by atoms with Crippen molar-refractivity contribution in [3.05, 3.63) is 113 Å². The van der Waals surface area contributed by atoms with Crippen LogP contribution in [0.5, 0.6) is 11.5 Å². The molecule has 0 aliphatic carbocycles. The molecule has 3 aromatic carbocycles. The summed E-state index contributed by atoms with van der Waals surface area (Å²) in [5.41, 5.74) is 3.41. The van der Waals surface area contributed by atoms with Gasteiger partial charge in [0.15, 0.2) is 17.2 Å². The van der Waals surface area contributed by atoms with Crippen molar-refractivity contribution in [3.8, 4) is 11.5 Å². The first-order valence-electron chi connectivity index (χ1n) is 11.8. The number of benzene rings is 3. The van der Waals surface area contributed by atoms with E-state index in [0.29, 0.717) is 37.0 Å². The fourth-order valence-electron chi connectivity index (χ4n) is 4.10. The molecule has 0 aliphatic heterocycles. The fourth-order valence-corrected chi connectivity index (χ4v) is 4.10. The minimum Gasteiger partial charge on any atom is -0.493 e. The minimum atomic E-state index is -0.272. The highest BCUT2D eigenvalue weighted by atomic mass is 16.5. The van der Waals surface area contributed by atoms with Crippen molar-refractivity contribution in [3.63, 3.8) is 0 Å². The number of ether oxygens (including phenoxy) is 2. The van der Waals surface area contributed by atoms with Gasteiger partial charge in [-0.25, -0.2) is 4.98 Å². The number of amides is 1. The minimum absolute atomic E-state index is 0.0457. The quantitative estimate of drug-likeness (QED) is 0.307. The molecule has 4 rings (SSSR count). The van der Waals surface area contributed by atoms with Crippen LogP contribution in [0, 0.1) is 0 Å². The Bertz CT molecular complexity index is 1260. The van der Waals surface area contributed by atoms with Gasteiger partial charge in [0.2, 0.25) is 5.89 Å². The van der Waals surface area contributed by atoms with Gasteiger partial charge in [0.05, 0.1) is 20.8 Å². The van der Waals surface area contributed by atoms with Gasteiger partial charge in [-0.3, -0.25) is 9.69 Å². The zero-order chi connectivity index (χ0) is 25.3. The van der Waals surface area contributed by atoms with Crippen LogP contribution >= 0.6 is 0 Å². The van der Waals surface area contributed by atoms with E-state index < -0.39 is 0 Å². The van der Waals surface area contributed by atoms with Crippen LogP contribution in [0.2, 0.25) is 0 Å². The Balaban J connectivity index is 1.53. The Morgan fingerprint density at radius 1 is 0.944 bits per heavy atom. The number of carbonyl (C=O) groups is 1. The van der Waals surface area contributed by atoms with E-state index in [1.54, 1.807) is 14.2 Å². The van der Waals surface area contributed by atoms with E-state index in [4.69, 9.17) is 13.9 Å². The molecule has 0 radical (unpaired) electrons. The molecule has 0 saturated carbocycles. The van der Waals surface area contributed by atoms with Crippen LogP contribution in [0.4, 0.5) is 0 Å². The Morgan fingerprint density at radius 2 is 1.67 bits per heavy atom. The molecule has 1 atom stereocenters. The molecule has 1 aromatic heterocycles. The first-order chi connectivity index (χ1) is 17.6. The largest absolute Gasteiger partial charge is 0.493 e. The lowest BCUT2D eigenvalue weighted by atomic mass is 10.1. The Kier molecular flexibility index (Phi) is 8.36. The third-order valence-electron chi connectivity index (χ3n) is 6.11. The summed E-state index contributed by atoms with van der Waals surface area (Å²) < 4.78 is 16.9. The topological polar surface area (TPSA) is 76.8 Å². The molecule has 0 spiro atoms. The molecule has 0 saturated heterocycles. The lowest BCUT2D eigenvalue weighted by Crippen LogP contribution is -2.27. The van der Waals surface area contributed by atoms with Crippen molar-refractivity contribution < 1.29 is 18.7 Å². The number of hydrogen-bond acceptors (Lipinski definition) is 6. The summed E-state index contributed by atoms with van der Waals surface area (Å²) in [6.07, 6.45) is 1.41. The predicted octanol–water partition coefficient (Wildman–Crippen LogP) is 5.39. The third-order valence-corrected chi connectivity index (χ3v) is 6.11. The van der Waals surface area contributed by atoms with Gasteiger partial charge in [-0.15, -0.1) is 0 Å². The molecule has 186 valence electrons. The van der Waals surface area contributed by atoms with E-state index in [1.807, 2.05) is 66.7 Å². The number of methoxy groups -OCH3 is 2. The van der Waals surface area contributed by atoms with Gasteiger partial charge in [0, 0.05) is 24.7 Å². The van der Waals surface area contributed by atoms with Crippen molar-refractivity contribution in [2.75, 3.05) is 14.2 Å². The molecule has 7 heteroatoms. The molecule has 4 aromatic rings. The van der Waals surface area contributed by atoms with Crippen molar-refractivity contribution in [1.82, 2.24) is 15.2 Å². The third kappa shape index (κ3) is 6.12. The van der Waals surface area contributed by atoms with Gasteiger partial charge in [-0.2, -0.15) is 0 Å². The molecular weight excluding hydrogens is 454 g/mol. The predicted molar refractivity (Wildman–Crippen MR) is 138 cm³/mol. The molecule has 1 amide bonds. The second-order valence-electron chi connectivity index (χ2n) is 8.44. The van der Waals surface area contributed by atoms with Crippen LogP contribution in [0.15, 0.2) is 89.5 Å². The molecule has 1 N–H and O–H groups in total. The number of rotatable bonds is 11. The molecule has 36 heavy (non-hydrogen) atoms. The molecule has 0 fully saturated rings. The van der Waals surface area contributed by atoms with Gasteiger partial charge < -0.3 is 19.2 Å². The highest BCUT2D eigenvalue weighted by Crippen LogP contribution is 2.34. The molecule has 0 aliphatic rings. The van der Waals surface area contributed by atoms with Gasteiger partial charge in [-0.05, 0) is 24.1 Å². The van der Waals surface area contributed by atoms with Crippen LogP contribution in [0.25, 0.3) is 0 Å². The average molecular weight is 486 g/mol. The van der Waals surface area contributed by atoms with Crippen LogP contribution in [-0.2, 0) is 19.6 Å². The lowest BCUT2D eigenvalue weighted by Gasteiger charge is -2.29. The number of hydrogen-bond donors (Lipinski definition) is 1. The maximum Gasteiger partial charge on any atom is 0.273 e. The molecule has 1 heterocycles. The van der Waals surface area contributed by atoms with Crippen molar-refractivity contribution in [2.24, 2.45) is 0 Å². The highest BCUT2D eigenvalue weighted by molar-refractivity contribution is 5.91. The maximum absolute atomic E-state index is 12.6. The molecule has 0 bridgehead atoms. The summed E-state index contributed by atoms with van der Waals surface area (Å²) in [4.78, 5) is 19.3. The van der Waals surface area contributed by atoms with Crippen LogP contribution in [0.1, 0.15) is 46.0 Å². The summed E-state index contributed by atoms with van der Waals surface area (Å²) in [6.45, 7) is 3.53. The number of nitrogens with zero attached hydrogens (tertiary/aromatic N) is 2. The normalized spacial score (nSPS) is 11.8. The van der Waals surface area contributed by atoms with Crippen molar-refractivity contribution >= 4 is 5.91 Å². The van der Waals surface area contributed by atoms with E-state index >= 15 is 0 Å². The Hall–Kier alpha value is -4.10. The SMILES string of the molecule is COc1cccc(CN(Cc2nc(C(=O)NCc3ccccc3)co2)C(C)c2ccccc2)c1OC. The lowest BCUT2D eigenvalue weighted by molar-refractivity contribution is 0.0945. The number of aromatic nitrogens is 1. The van der Waals surface area contributed by atoms with Crippen LogP contribution in [-0.4, -0.2) is 30.0 Å². The number of oxazole rings is 1. The second-order valence-corrected chi connectivity index (χ2v) is 8.44. The van der Waals surface area contributed by atoms with E-state index in [1.165, 1.54) is 6.26 Å². The van der Waals surface area contributed by atoms with Gasteiger partial charge in [0.1, 0.15) is 6.26 Å². The first-order valence-corrected chi connectivity index (χ1v) is 11.8. The monoisotopic (exact) mass is 485 g/mol. The average Bonchev–Trinajstić information content (AvgIpc) is 3.40. The molecule has 7 nitrogen and oxygen atoms in total. The van der Waals surface area contributed by atoms with E-state index in [0.717, 1.165) is 16.7 Å². The summed E-state index contributed by atoms with van der Waals surface area (Å²) in [5, 5.41) is 2.89. The highest BCUT2D eigenvalue weighted by Gasteiger charge is 2.22. The van der Waals surface area contributed by atoms with Crippen LogP contribution < -0.4 is 14.8 Å². The molecular formula is C29H31N3O4. The summed E-state index contributed by atoms with van der Waals surface area (Å²) in [7, 11) is 3.27. The van der Waals surface area contributed by atoms with Crippen molar-refractivity contribution in [2.45, 2.75) is 32.6 Å². The second kappa shape index (κ2) is 12.0. The van der Waals surface area contributed by atoms with Gasteiger partial charge in [-0.1, -0.05) is 72.8 Å². The zero-order valence-corrected chi connectivity index (χ0v) is 20.8. The van der Waals surface area contributed by atoms with Crippen molar-refractivity contribution in [1.29, 1.82) is 0 Å². The number of carbonyl (C=O) groups excluding carboxylic acids is 1. The first kappa shape index (κ1) is 25.0. The van der Waals surface area contributed by atoms with E-state index in [-0.39, 0.29) is 17.6 Å². The summed E-state index contributed by atoms with van der Waals surface area (Å²) >= 11 is 0. The van der Waals surface area contributed by atoms with Gasteiger partial charge >= 0.3 is 0 Å². The number of para-hydroxylation sites is 1. The van der Waals surface area contributed by atoms with Gasteiger partial charge in [0.25, 0.3) is 5.91 Å². The number of nitrogens with one attached hydrogen (secondary N) is 1. The smallest absolute Gasteiger partial charge is 0.273 e. The zero-order valence-electron chi connectivity index (χ0n) is 20.8. The maximum atomic E-state index is 12.6. The standard InChI is InChI=1S/C29H31N3O4/c1-21(23-13-8-5-9-14-23)32(18-24-15-10-16-26(34-2)28(24)35-3)19-27-31-25(20-36-27)29(33)30-17-22-11-6-4-7-12-22/h4-16,20-21H,17-19H2,1-3H3,(H,30,33). The molecule has 1 unspecified atom stereocenters. The summed E-state index contributed by atoms with van der Waals surface area (Å²) in [5.74, 6) is 1.56. The van der Waals surface area contributed by atoms with E-state index in [9.17, 15) is 4.79 Å². The Labute approximate surface area is 211 Å². The van der Waals surface area contributed by atoms with Crippen LogP contribution in [0.3, 0.4) is 0 Å². The fraction of sp³-hybridized carbons (Fsp3) is 0.241. The van der Waals surface area contributed by atoms with E-state index in [2.05, 4.69) is 34.3 Å². The summed E-state index contributed by atoms with van der Waals surface area (Å²) in [6, 6.07) is 25.9.